The topological polar surface area (TPSA) is 235 Å². The van der Waals surface area contributed by atoms with Crippen molar-refractivity contribution >= 4 is 57.7 Å². The second kappa shape index (κ2) is 21.2. The van der Waals surface area contributed by atoms with Crippen LogP contribution in [0.25, 0.3) is 0 Å². The number of piperidine rings is 1. The van der Waals surface area contributed by atoms with E-state index >= 15 is 0 Å². The van der Waals surface area contributed by atoms with Gasteiger partial charge in [0, 0.05) is 97.4 Å². The molecule has 372 valence electrons. The zero-order valence-electron chi connectivity index (χ0n) is 40.9. The summed E-state index contributed by atoms with van der Waals surface area (Å²) in [5, 5.41) is 44.2. The zero-order valence-corrected chi connectivity index (χ0v) is 43.1. The van der Waals surface area contributed by atoms with Crippen molar-refractivity contribution in [2.24, 2.45) is 34.6 Å². The number of ether oxygens (including phenoxy) is 4. The smallest absolute Gasteiger partial charge is 0.315 e. The Hall–Kier alpha value is -4.63. The Balaban J connectivity index is 1.44. The second-order valence-electron chi connectivity index (χ2n) is 19.7. The van der Waals surface area contributed by atoms with E-state index in [1.165, 1.54) is 39.4 Å². The molecule has 17 nitrogen and oxygen atoms in total. The molecule has 1 aromatic carbocycles. The van der Waals surface area contributed by atoms with Gasteiger partial charge < -0.3 is 55.1 Å². The Bertz CT molecular complexity index is 2330. The third-order valence-electron chi connectivity index (χ3n) is 13.8. The molecule has 6 N–H and O–H groups in total. The predicted octanol–water partition coefficient (Wildman–Crippen LogP) is 4.93. The molecular weight excluding hydrogens is 989 g/mol. The monoisotopic (exact) mass is 1060 g/mol. The van der Waals surface area contributed by atoms with Crippen LogP contribution < -0.4 is 20.7 Å². The predicted molar refractivity (Wildman–Crippen MR) is 262 cm³/mol. The van der Waals surface area contributed by atoms with Crippen LogP contribution in [0, 0.1) is 36.5 Å². The number of carbonyl (C=O) groups excluding carboxylic acids is 5. The highest BCUT2D eigenvalue weighted by atomic mass is 127. The number of phenols is 1. The maximum atomic E-state index is 14.8. The highest BCUT2D eigenvalue weighted by Gasteiger charge is 2.54. The van der Waals surface area contributed by atoms with Crippen LogP contribution in [-0.2, 0) is 28.6 Å². The lowest BCUT2D eigenvalue weighted by molar-refractivity contribution is -0.164. The van der Waals surface area contributed by atoms with Crippen LogP contribution in [0.2, 0.25) is 0 Å². The first-order chi connectivity index (χ1) is 31.9. The number of phenolic OH excluding ortho intramolecular Hbond substituents is 1. The van der Waals surface area contributed by atoms with Crippen molar-refractivity contribution in [3.8, 4) is 11.5 Å². The summed E-state index contributed by atoms with van der Waals surface area (Å²) in [5.74, 6) is -8.50. The summed E-state index contributed by atoms with van der Waals surface area (Å²) >= 11 is 2.39. The Morgan fingerprint density at radius 2 is 1.66 bits per heavy atom. The largest absolute Gasteiger partial charge is 0.507 e. The van der Waals surface area contributed by atoms with E-state index in [1.807, 2.05) is 13.8 Å². The fraction of sp³-hybridized carbons (Fsp3) is 0.600. The molecular formula is C50H68IN5O12. The lowest BCUT2D eigenvalue weighted by Crippen LogP contribution is -2.51. The summed E-state index contributed by atoms with van der Waals surface area (Å²) < 4.78 is 24.7. The number of aliphatic hydroxyl groups is 2. The average Bonchev–Trinajstić information content (AvgIpc) is 3.79. The minimum atomic E-state index is -2.02. The number of nitrogens with one attached hydrogen (secondary N) is 3. The fourth-order valence-corrected chi connectivity index (χ4v) is 10.2. The quantitative estimate of drug-likeness (QED) is 0.0878. The van der Waals surface area contributed by atoms with Gasteiger partial charge in [0.2, 0.25) is 11.7 Å². The SMILES string of the molecule is CO[C@H]1/C=C/O[C@@]2(C)Oc3c(C)c(O)c4c(c3C2=O)C2=NC3(CCN(CC(C)I)CC3)NC2=C(NC(=O)/C(C)=C\C=C\[C@H](C)[C@H](O)[C@@H](C)[C@@H](O)[C@@H](C)[C@H](OC(=O)CC(=O)NCC(C)C)[C@@H]1C)C4=O. The van der Waals surface area contributed by atoms with Gasteiger partial charge >= 0.3 is 11.8 Å². The number of ketones is 2. The van der Waals surface area contributed by atoms with E-state index in [9.17, 15) is 39.3 Å². The number of aliphatic imine (C=N–C) groups is 1. The van der Waals surface area contributed by atoms with E-state index in [1.54, 1.807) is 46.8 Å². The number of hydrogen-bond donors (Lipinski definition) is 6. The van der Waals surface area contributed by atoms with Crippen molar-refractivity contribution < 1.29 is 58.2 Å². The van der Waals surface area contributed by atoms with Crippen molar-refractivity contribution in [1.82, 2.24) is 20.9 Å². The standard InChI is InChI=1S/C50H68IN5O12/c1-24(2)22-52-33(57)21-34(58)67-45-28(6)32(65-11)15-20-66-49(10)47(63)37-35-36(43(61)31(9)46(37)68-49)44(62)40(39-38(35)54-50(55-39)16-18-56(19-17-50)23-27(5)51)53-48(64)26(4)14-12-13-25(3)41(59)29(7)42(60)30(45)8/h12-15,20,24-25,27-30,32,41-42,45,55,59-61H,16-19,21-23H2,1-11H3,(H,52,57)(H,53,64)/b13-12+,20-15+,26-14-/t25-,27?,28+,29+,30+,32-,41-,42+,45+,49-/m0/s1. The van der Waals surface area contributed by atoms with Crippen LogP contribution in [0.4, 0.5) is 0 Å². The van der Waals surface area contributed by atoms with Gasteiger partial charge in [-0.1, -0.05) is 89.3 Å². The van der Waals surface area contributed by atoms with E-state index in [0.29, 0.717) is 36.4 Å². The Morgan fingerprint density at radius 3 is 2.29 bits per heavy atom. The van der Waals surface area contributed by atoms with Gasteiger partial charge in [-0.3, -0.25) is 29.0 Å². The number of benzene rings is 1. The van der Waals surface area contributed by atoms with Gasteiger partial charge in [0.1, 0.15) is 35.4 Å². The first-order valence-corrected chi connectivity index (χ1v) is 24.7. The molecule has 5 bridgehead atoms. The number of alkyl halides is 1. The summed E-state index contributed by atoms with van der Waals surface area (Å²) in [7, 11) is 1.43. The number of halogens is 1. The Kier molecular flexibility index (Phi) is 16.4. The Morgan fingerprint density at radius 1 is 0.985 bits per heavy atom. The molecule has 68 heavy (non-hydrogen) atoms. The number of amides is 2. The third-order valence-corrected chi connectivity index (χ3v) is 14.2. The van der Waals surface area contributed by atoms with Crippen LogP contribution in [-0.4, -0.2) is 128 Å². The number of esters is 1. The molecule has 2 amide bonds. The van der Waals surface area contributed by atoms with Crippen LogP contribution in [0.5, 0.6) is 11.5 Å². The van der Waals surface area contributed by atoms with Gasteiger partial charge in [-0.05, 0) is 25.8 Å². The van der Waals surface area contributed by atoms with Crippen molar-refractivity contribution in [3.05, 3.63) is 69.8 Å². The lowest BCUT2D eigenvalue weighted by atomic mass is 9.78. The van der Waals surface area contributed by atoms with E-state index < -0.39 is 101 Å². The van der Waals surface area contributed by atoms with Crippen molar-refractivity contribution in [3.63, 3.8) is 0 Å². The average molecular weight is 1060 g/mol. The van der Waals surface area contributed by atoms with Gasteiger partial charge in [0.25, 0.3) is 11.7 Å². The number of methoxy groups -OCH3 is 1. The van der Waals surface area contributed by atoms with Gasteiger partial charge in [0.15, 0.2) is 0 Å². The summed E-state index contributed by atoms with van der Waals surface area (Å²) in [6, 6.07) is 0. The molecule has 10 atom stereocenters. The molecule has 1 aliphatic carbocycles. The number of Topliss-reactive ketones (excluding diaryl/α,β-unsaturated/α-hetero) is 2. The van der Waals surface area contributed by atoms with Crippen LogP contribution >= 0.6 is 22.6 Å². The molecule has 0 radical (unpaired) electrons. The number of aliphatic hydroxyl groups excluding tert-OH is 2. The summed E-state index contributed by atoms with van der Waals surface area (Å²) in [4.78, 5) is 77.3. The molecule has 1 saturated heterocycles. The minimum Gasteiger partial charge on any atom is -0.507 e. The highest BCUT2D eigenvalue weighted by Crippen LogP contribution is 2.50. The summed E-state index contributed by atoms with van der Waals surface area (Å²) in [5.41, 5.74) is -0.411. The number of carbonyl (C=O) groups is 5. The van der Waals surface area contributed by atoms with Crippen molar-refractivity contribution in [1.29, 1.82) is 0 Å². The molecule has 0 aromatic heterocycles. The minimum absolute atomic E-state index is 0.00166. The second-order valence-corrected chi connectivity index (χ2v) is 21.8. The molecule has 5 aliphatic rings. The number of nitrogens with zero attached hydrogens (tertiary/aromatic N) is 2. The molecule has 4 heterocycles. The number of aromatic hydroxyl groups is 1. The molecule has 1 fully saturated rings. The van der Waals surface area contributed by atoms with E-state index in [-0.39, 0.29) is 56.6 Å². The van der Waals surface area contributed by atoms with Gasteiger partial charge in [-0.15, -0.1) is 0 Å². The third kappa shape index (κ3) is 10.7. The Labute approximate surface area is 412 Å². The zero-order chi connectivity index (χ0) is 50.2. The number of fused-ring (bicyclic) bond motifs is 3. The summed E-state index contributed by atoms with van der Waals surface area (Å²) in [6.45, 7) is 20.0. The van der Waals surface area contributed by atoms with Gasteiger partial charge in [-0.2, -0.15) is 0 Å². The fourth-order valence-electron chi connectivity index (χ4n) is 9.63. The normalized spacial score (nSPS) is 32.0. The molecule has 4 aliphatic heterocycles. The van der Waals surface area contributed by atoms with E-state index in [4.69, 9.17) is 23.9 Å². The molecule has 18 heteroatoms. The van der Waals surface area contributed by atoms with Crippen molar-refractivity contribution in [2.75, 3.05) is 33.3 Å². The van der Waals surface area contributed by atoms with Crippen LogP contribution in [0.1, 0.15) is 113 Å². The number of hydrogen-bond acceptors (Lipinski definition) is 15. The molecule has 1 unspecified atom stereocenters. The van der Waals surface area contributed by atoms with Gasteiger partial charge in [-0.25, -0.2) is 0 Å². The lowest BCUT2D eigenvalue weighted by Gasteiger charge is -2.38. The maximum Gasteiger partial charge on any atom is 0.315 e. The first kappa shape index (κ1) is 52.7. The molecule has 6 rings (SSSR count). The molecule has 1 spiro atoms. The highest BCUT2D eigenvalue weighted by molar-refractivity contribution is 14.1. The van der Waals surface area contributed by atoms with Crippen molar-refractivity contribution in [2.45, 2.75) is 128 Å². The van der Waals surface area contributed by atoms with Gasteiger partial charge in [0.05, 0.1) is 47.1 Å². The number of allylic oxidation sites excluding steroid dienone is 4. The van der Waals surface area contributed by atoms with E-state index in [2.05, 4.69) is 50.4 Å². The van der Waals surface area contributed by atoms with Crippen LogP contribution in [0.3, 0.4) is 0 Å². The maximum absolute atomic E-state index is 14.8. The first-order valence-electron chi connectivity index (χ1n) is 23.5. The van der Waals surface area contributed by atoms with Crippen LogP contribution in [0.15, 0.2) is 52.5 Å². The number of likely N-dealkylation sites (tertiary alicyclic amines) is 1. The number of rotatable bonds is 8. The van der Waals surface area contributed by atoms with E-state index in [0.717, 1.165) is 6.54 Å². The molecule has 1 aromatic rings. The summed E-state index contributed by atoms with van der Waals surface area (Å²) in [6.07, 6.45) is 3.81. The molecule has 0 saturated carbocycles.